The fourth-order valence-corrected chi connectivity index (χ4v) is 9.06. The Morgan fingerprint density at radius 1 is 0.391 bits per heavy atom. The van der Waals surface area contributed by atoms with E-state index in [1.165, 1.54) is 92.9 Å². The summed E-state index contributed by atoms with van der Waals surface area (Å²) in [6.07, 6.45) is 0. The average molecular weight is 582 g/mol. The second-order valence-corrected chi connectivity index (χ2v) is 14.4. The Balaban J connectivity index is 1.31. The molecule has 0 amide bonds. The first-order chi connectivity index (χ1) is 22.5. The van der Waals surface area contributed by atoms with Crippen LogP contribution >= 0.6 is 0 Å². The molecule has 0 fully saturated rings. The van der Waals surface area contributed by atoms with Crippen molar-refractivity contribution in [1.29, 1.82) is 0 Å². The molecule has 0 radical (unpaired) electrons. The lowest BCUT2D eigenvalue weighted by molar-refractivity contribution is 0.595. The van der Waals surface area contributed by atoms with Gasteiger partial charge in [0.2, 0.25) is 13.4 Å². The Bertz CT molecular complexity index is 2440. The monoisotopic (exact) mass is 582 g/mol. The molecule has 0 aliphatic carbocycles. The molecule has 0 saturated carbocycles. The molecule has 46 heavy (non-hydrogen) atoms. The summed E-state index contributed by atoms with van der Waals surface area (Å²) in [6, 6.07) is 53.1. The molecule has 0 aromatic heterocycles. The van der Waals surface area contributed by atoms with Crippen molar-refractivity contribution in [3.8, 4) is 22.3 Å². The molecule has 2 aliphatic heterocycles. The topological polar surface area (TPSA) is 0 Å². The van der Waals surface area contributed by atoms with Gasteiger partial charge < -0.3 is 0 Å². The zero-order chi connectivity index (χ0) is 30.7. The van der Waals surface area contributed by atoms with E-state index in [0.29, 0.717) is 0 Å². The van der Waals surface area contributed by atoms with Crippen LogP contribution in [0.5, 0.6) is 0 Å². The highest BCUT2D eigenvalue weighted by molar-refractivity contribution is 7.01. The summed E-state index contributed by atoms with van der Waals surface area (Å²) in [7, 11) is 0. The van der Waals surface area contributed by atoms with Gasteiger partial charge in [0.15, 0.2) is 0 Å². The Labute approximate surface area is 271 Å². The van der Waals surface area contributed by atoms with Gasteiger partial charge in [0.1, 0.15) is 0 Å². The van der Waals surface area contributed by atoms with E-state index in [9.17, 15) is 0 Å². The largest absolute Gasteiger partial charge is 0.243 e. The van der Waals surface area contributed by atoms with Gasteiger partial charge in [-0.15, -0.1) is 0 Å². The summed E-state index contributed by atoms with van der Waals surface area (Å²) >= 11 is 0. The highest BCUT2D eigenvalue weighted by Gasteiger charge is 2.38. The average Bonchev–Trinajstić information content (AvgIpc) is 3.59. The van der Waals surface area contributed by atoms with Crippen molar-refractivity contribution in [3.63, 3.8) is 0 Å². The maximum absolute atomic E-state index is 2.52. The molecule has 2 heteroatoms. The molecule has 0 spiro atoms. The maximum atomic E-state index is 2.52. The van der Waals surface area contributed by atoms with Crippen LogP contribution in [-0.2, 0) is 5.41 Å². The molecule has 0 atom stereocenters. The van der Waals surface area contributed by atoms with Gasteiger partial charge >= 0.3 is 0 Å². The molecular formula is C44H32B2. The van der Waals surface area contributed by atoms with Crippen molar-refractivity contribution in [2.75, 3.05) is 0 Å². The van der Waals surface area contributed by atoms with Crippen LogP contribution in [0, 0.1) is 0 Å². The summed E-state index contributed by atoms with van der Waals surface area (Å²) in [6.45, 7) is 7.55. The molecule has 0 N–H and O–H groups in total. The van der Waals surface area contributed by atoms with E-state index in [1.54, 1.807) is 0 Å². The van der Waals surface area contributed by atoms with Crippen LogP contribution in [0.2, 0.25) is 0 Å². The van der Waals surface area contributed by atoms with E-state index >= 15 is 0 Å². The number of benzene rings is 8. The van der Waals surface area contributed by atoms with Crippen LogP contribution in [0.25, 0.3) is 54.6 Å². The van der Waals surface area contributed by atoms with Gasteiger partial charge in [-0.3, -0.25) is 0 Å². The molecule has 10 rings (SSSR count). The van der Waals surface area contributed by atoms with Crippen molar-refractivity contribution in [2.24, 2.45) is 0 Å². The molecule has 8 aromatic rings. The minimum Gasteiger partial charge on any atom is -0.0664 e. The lowest BCUT2D eigenvalue weighted by atomic mass is 9.36. The van der Waals surface area contributed by atoms with E-state index in [2.05, 4.69) is 160 Å². The highest BCUT2D eigenvalue weighted by atomic mass is 14.3. The van der Waals surface area contributed by atoms with Gasteiger partial charge in [0, 0.05) is 0 Å². The second kappa shape index (κ2) is 9.24. The number of hydrogen-bond donors (Lipinski definition) is 0. The predicted molar refractivity (Wildman–Crippen MR) is 202 cm³/mol. The maximum Gasteiger partial charge on any atom is 0.243 e. The van der Waals surface area contributed by atoms with Gasteiger partial charge in [0.25, 0.3) is 0 Å². The van der Waals surface area contributed by atoms with E-state index in [4.69, 9.17) is 0 Å². The Morgan fingerprint density at radius 2 is 0.826 bits per heavy atom. The molecular weight excluding hydrogens is 550 g/mol. The molecule has 8 aromatic carbocycles. The Kier molecular flexibility index (Phi) is 5.26. The predicted octanol–water partition coefficient (Wildman–Crippen LogP) is 6.87. The van der Waals surface area contributed by atoms with Gasteiger partial charge in [-0.25, -0.2) is 0 Å². The molecule has 214 valence electrons. The fourth-order valence-electron chi connectivity index (χ4n) is 9.06. The van der Waals surface area contributed by atoms with Crippen LogP contribution in [0.3, 0.4) is 0 Å². The quantitative estimate of drug-likeness (QED) is 0.154. The zero-order valence-corrected chi connectivity index (χ0v) is 26.4. The third kappa shape index (κ3) is 3.42. The molecule has 0 nitrogen and oxygen atoms in total. The SMILES string of the molecule is CC(C)(C)c1cc2ccc3c(B4c5ccccc5-c5ccccc54)ccc4ccc(c1B1c5ccccc5-c5ccccc51)c2c43. The molecule has 2 aliphatic rings. The van der Waals surface area contributed by atoms with Crippen LogP contribution in [0.15, 0.2) is 140 Å². The van der Waals surface area contributed by atoms with E-state index < -0.39 is 0 Å². The van der Waals surface area contributed by atoms with E-state index in [0.717, 1.165) is 0 Å². The first-order valence-electron chi connectivity index (χ1n) is 16.6. The fraction of sp³-hybridized carbons (Fsp3) is 0.0909. The van der Waals surface area contributed by atoms with Crippen molar-refractivity contribution in [2.45, 2.75) is 26.2 Å². The molecule has 0 saturated heterocycles. The van der Waals surface area contributed by atoms with Crippen LogP contribution in [0.1, 0.15) is 26.3 Å². The summed E-state index contributed by atoms with van der Waals surface area (Å²) in [5.74, 6) is 0. The van der Waals surface area contributed by atoms with Crippen molar-refractivity contribution < 1.29 is 0 Å². The van der Waals surface area contributed by atoms with Gasteiger partial charge in [-0.2, -0.15) is 0 Å². The highest BCUT2D eigenvalue weighted by Crippen LogP contribution is 2.38. The first-order valence-corrected chi connectivity index (χ1v) is 16.6. The zero-order valence-electron chi connectivity index (χ0n) is 26.4. The summed E-state index contributed by atoms with van der Waals surface area (Å²) in [5, 5.41) is 8.22. The van der Waals surface area contributed by atoms with Crippen LogP contribution in [-0.4, -0.2) is 13.4 Å². The van der Waals surface area contributed by atoms with Gasteiger partial charge in [-0.05, 0) is 65.5 Å². The normalized spacial score (nSPS) is 13.5. The van der Waals surface area contributed by atoms with Crippen LogP contribution in [0.4, 0.5) is 0 Å². The molecule has 2 heterocycles. The minimum absolute atomic E-state index is 0.0192. The summed E-state index contributed by atoms with van der Waals surface area (Å²) in [4.78, 5) is 0. The Morgan fingerprint density at radius 3 is 1.37 bits per heavy atom. The number of hydrogen-bond acceptors (Lipinski definition) is 0. The lowest BCUT2D eigenvalue weighted by Crippen LogP contribution is -2.52. The van der Waals surface area contributed by atoms with Crippen LogP contribution < -0.4 is 32.8 Å². The van der Waals surface area contributed by atoms with Crippen molar-refractivity contribution in [3.05, 3.63) is 145 Å². The third-order valence-electron chi connectivity index (χ3n) is 10.9. The minimum atomic E-state index is -0.0192. The third-order valence-corrected chi connectivity index (χ3v) is 10.9. The van der Waals surface area contributed by atoms with E-state index in [-0.39, 0.29) is 18.8 Å². The molecule has 0 bridgehead atoms. The van der Waals surface area contributed by atoms with Crippen molar-refractivity contribution in [1.82, 2.24) is 0 Å². The summed E-state index contributed by atoms with van der Waals surface area (Å²) < 4.78 is 0. The summed E-state index contributed by atoms with van der Waals surface area (Å²) in [5.41, 5.74) is 15.4. The smallest absolute Gasteiger partial charge is 0.0664 e. The number of fused-ring (bicyclic) bond motifs is 6. The number of rotatable bonds is 2. The lowest BCUT2D eigenvalue weighted by Gasteiger charge is -2.29. The van der Waals surface area contributed by atoms with Crippen molar-refractivity contribution >= 4 is 78.5 Å². The first kappa shape index (κ1) is 26.2. The second-order valence-electron chi connectivity index (χ2n) is 14.4. The standard InChI is InChI=1S/C44H32B2/c1-44(2,3)35-26-28-21-23-33-40(45-36-16-8-4-12-29(36)30-13-5-9-17-37(30)45)25-22-27-20-24-34(42(28)41(27)33)43(35)46-38-18-10-6-14-31(38)32-15-7-11-19-39(32)46/h4-26H,1-3H3. The Hall–Kier alpha value is -5.07. The van der Waals surface area contributed by atoms with Gasteiger partial charge in [-0.1, -0.05) is 193 Å². The van der Waals surface area contributed by atoms with Gasteiger partial charge in [0.05, 0.1) is 0 Å². The van der Waals surface area contributed by atoms with E-state index in [1.807, 2.05) is 0 Å². The molecule has 0 unspecified atom stereocenters.